The van der Waals surface area contributed by atoms with E-state index in [1.165, 1.54) is 6.42 Å². The third-order valence-electron chi connectivity index (χ3n) is 3.63. The fourth-order valence-corrected chi connectivity index (χ4v) is 4.88. The van der Waals surface area contributed by atoms with E-state index in [-0.39, 0.29) is 5.54 Å². The smallest absolute Gasteiger partial charge is 0.152 e. The van der Waals surface area contributed by atoms with Gasteiger partial charge in [-0.25, -0.2) is 8.42 Å². The van der Waals surface area contributed by atoms with Gasteiger partial charge in [0.15, 0.2) is 9.84 Å². The van der Waals surface area contributed by atoms with Crippen LogP contribution in [0.3, 0.4) is 0 Å². The summed E-state index contributed by atoms with van der Waals surface area (Å²) >= 11 is 0. The van der Waals surface area contributed by atoms with Crippen LogP contribution in [0.5, 0.6) is 0 Å². The van der Waals surface area contributed by atoms with E-state index in [0.717, 1.165) is 32.4 Å². The highest BCUT2D eigenvalue weighted by Crippen LogP contribution is 2.24. The Morgan fingerprint density at radius 1 is 1.31 bits per heavy atom. The zero-order valence-corrected chi connectivity index (χ0v) is 10.8. The molecule has 2 heterocycles. The summed E-state index contributed by atoms with van der Waals surface area (Å²) in [5.41, 5.74) is -0.187. The van der Waals surface area contributed by atoms with E-state index in [0.29, 0.717) is 17.5 Å². The average Bonchev–Trinajstić information content (AvgIpc) is 2.42. The maximum Gasteiger partial charge on any atom is 0.152 e. The van der Waals surface area contributed by atoms with Crippen LogP contribution in [-0.4, -0.2) is 44.6 Å². The zero-order valence-electron chi connectivity index (χ0n) is 9.96. The average molecular weight is 246 g/mol. The van der Waals surface area contributed by atoms with Crippen molar-refractivity contribution in [2.45, 2.75) is 44.2 Å². The minimum Gasteiger partial charge on any atom is -0.317 e. The molecular formula is C11H22N2O2S. The van der Waals surface area contributed by atoms with Crippen molar-refractivity contribution in [1.82, 2.24) is 10.6 Å². The minimum absolute atomic E-state index is 0.187. The second-order valence-electron chi connectivity index (χ2n) is 5.42. The predicted molar refractivity (Wildman–Crippen MR) is 65.3 cm³/mol. The third kappa shape index (κ3) is 3.18. The summed E-state index contributed by atoms with van der Waals surface area (Å²) in [6.07, 6.45) is 4.21. The molecule has 2 rings (SSSR count). The molecule has 0 saturated carbocycles. The highest BCUT2D eigenvalue weighted by molar-refractivity contribution is 7.91. The first-order valence-electron chi connectivity index (χ1n) is 6.18. The van der Waals surface area contributed by atoms with Crippen molar-refractivity contribution in [3.8, 4) is 0 Å². The molecular weight excluding hydrogens is 224 g/mol. The van der Waals surface area contributed by atoms with Gasteiger partial charge in [-0.15, -0.1) is 0 Å². The van der Waals surface area contributed by atoms with Crippen LogP contribution < -0.4 is 10.6 Å². The quantitative estimate of drug-likeness (QED) is 0.735. The van der Waals surface area contributed by atoms with Crippen LogP contribution in [0.25, 0.3) is 0 Å². The van der Waals surface area contributed by atoms with Gasteiger partial charge in [-0.3, -0.25) is 0 Å². The molecule has 2 fully saturated rings. The molecule has 94 valence electrons. The predicted octanol–water partition coefficient (Wildman–Crippen LogP) is 0.295. The Morgan fingerprint density at radius 2 is 2.12 bits per heavy atom. The maximum absolute atomic E-state index is 11.5. The van der Waals surface area contributed by atoms with Crippen LogP contribution in [0.2, 0.25) is 0 Å². The fraction of sp³-hybridized carbons (Fsp3) is 1.00. The highest BCUT2D eigenvalue weighted by atomic mass is 32.2. The number of nitrogens with one attached hydrogen (secondary N) is 2. The fourth-order valence-electron chi connectivity index (χ4n) is 2.78. The minimum atomic E-state index is -2.79. The van der Waals surface area contributed by atoms with Crippen molar-refractivity contribution < 1.29 is 8.42 Å². The highest BCUT2D eigenvalue weighted by Gasteiger charge is 2.39. The van der Waals surface area contributed by atoms with E-state index < -0.39 is 9.84 Å². The lowest BCUT2D eigenvalue weighted by Crippen LogP contribution is -2.49. The van der Waals surface area contributed by atoms with Crippen molar-refractivity contribution in [2.75, 3.05) is 24.6 Å². The van der Waals surface area contributed by atoms with E-state index in [1.54, 1.807) is 0 Å². The molecule has 2 unspecified atom stereocenters. The molecule has 2 aliphatic heterocycles. The number of sulfone groups is 1. The maximum atomic E-state index is 11.5. The Hall–Kier alpha value is -0.130. The van der Waals surface area contributed by atoms with Gasteiger partial charge in [0, 0.05) is 11.6 Å². The molecule has 5 heteroatoms. The standard InChI is InChI=1S/C11H22N2O2S/c1-11(5-8-16(14,15)9-11)13-10-3-2-6-12-7-4-10/h10,12-13H,2-9H2,1H3. The SMILES string of the molecule is CC1(NC2CCCNCC2)CCS(=O)(=O)C1. The molecule has 0 aromatic heterocycles. The van der Waals surface area contributed by atoms with Crippen LogP contribution in [-0.2, 0) is 9.84 Å². The Bertz CT molecular complexity index is 334. The van der Waals surface area contributed by atoms with E-state index >= 15 is 0 Å². The van der Waals surface area contributed by atoms with Crippen molar-refractivity contribution in [2.24, 2.45) is 0 Å². The normalized spacial score (nSPS) is 39.4. The van der Waals surface area contributed by atoms with Crippen molar-refractivity contribution in [3.63, 3.8) is 0 Å². The summed E-state index contributed by atoms with van der Waals surface area (Å²) in [5, 5.41) is 6.94. The molecule has 2 saturated heterocycles. The summed E-state index contributed by atoms with van der Waals surface area (Å²) in [5.74, 6) is 0.658. The van der Waals surface area contributed by atoms with Gasteiger partial charge in [-0.2, -0.15) is 0 Å². The van der Waals surface area contributed by atoms with Crippen molar-refractivity contribution >= 4 is 9.84 Å². The Morgan fingerprint density at radius 3 is 2.81 bits per heavy atom. The van der Waals surface area contributed by atoms with E-state index in [9.17, 15) is 8.42 Å². The van der Waals surface area contributed by atoms with Crippen LogP contribution in [0.15, 0.2) is 0 Å². The summed E-state index contributed by atoms with van der Waals surface area (Å²) in [6.45, 7) is 4.18. The van der Waals surface area contributed by atoms with E-state index in [1.807, 2.05) is 0 Å². The molecule has 0 bridgehead atoms. The van der Waals surface area contributed by atoms with Gasteiger partial charge >= 0.3 is 0 Å². The molecule has 0 aromatic carbocycles. The van der Waals surface area contributed by atoms with Crippen LogP contribution in [0, 0.1) is 0 Å². The first-order chi connectivity index (χ1) is 7.49. The van der Waals surface area contributed by atoms with Crippen LogP contribution in [0.4, 0.5) is 0 Å². The Balaban J connectivity index is 1.93. The second kappa shape index (κ2) is 4.63. The zero-order chi connectivity index (χ0) is 11.6. The molecule has 0 amide bonds. The van der Waals surface area contributed by atoms with Gasteiger partial charge in [0.1, 0.15) is 0 Å². The van der Waals surface area contributed by atoms with Gasteiger partial charge in [0.25, 0.3) is 0 Å². The first kappa shape index (κ1) is 12.3. The molecule has 16 heavy (non-hydrogen) atoms. The molecule has 2 aliphatic rings. The lowest BCUT2D eigenvalue weighted by molar-refractivity contribution is 0.322. The van der Waals surface area contributed by atoms with Crippen molar-refractivity contribution in [1.29, 1.82) is 0 Å². The topological polar surface area (TPSA) is 58.2 Å². The van der Waals surface area contributed by atoms with Gasteiger partial charge in [0.05, 0.1) is 11.5 Å². The number of rotatable bonds is 2. The molecule has 0 spiro atoms. The Kier molecular flexibility index (Phi) is 3.56. The van der Waals surface area contributed by atoms with Gasteiger partial charge in [-0.1, -0.05) is 0 Å². The monoisotopic (exact) mass is 246 g/mol. The first-order valence-corrected chi connectivity index (χ1v) is 8.00. The molecule has 0 aromatic rings. The summed E-state index contributed by atoms with van der Waals surface area (Å²) in [4.78, 5) is 0. The molecule has 2 N–H and O–H groups in total. The molecule has 0 radical (unpaired) electrons. The third-order valence-corrected chi connectivity index (χ3v) is 5.53. The summed E-state index contributed by atoms with van der Waals surface area (Å²) in [6, 6.07) is 0.480. The molecule has 0 aliphatic carbocycles. The largest absolute Gasteiger partial charge is 0.317 e. The van der Waals surface area contributed by atoms with E-state index in [2.05, 4.69) is 17.6 Å². The lowest BCUT2D eigenvalue weighted by Gasteiger charge is -2.30. The Labute approximate surface area is 98.1 Å². The van der Waals surface area contributed by atoms with Crippen LogP contribution >= 0.6 is 0 Å². The lowest BCUT2D eigenvalue weighted by atomic mass is 9.98. The van der Waals surface area contributed by atoms with Crippen molar-refractivity contribution in [3.05, 3.63) is 0 Å². The molecule has 4 nitrogen and oxygen atoms in total. The second-order valence-corrected chi connectivity index (χ2v) is 7.61. The van der Waals surface area contributed by atoms with E-state index in [4.69, 9.17) is 0 Å². The summed E-state index contributed by atoms with van der Waals surface area (Å²) in [7, 11) is -2.79. The van der Waals surface area contributed by atoms with Gasteiger partial charge in [-0.05, 0) is 45.7 Å². The van der Waals surface area contributed by atoms with Gasteiger partial charge < -0.3 is 10.6 Å². The summed E-state index contributed by atoms with van der Waals surface area (Å²) < 4.78 is 23.0. The number of hydrogen-bond acceptors (Lipinski definition) is 4. The number of hydrogen-bond donors (Lipinski definition) is 2. The molecule has 2 atom stereocenters. The van der Waals surface area contributed by atoms with Gasteiger partial charge in [0.2, 0.25) is 0 Å². The van der Waals surface area contributed by atoms with Crippen LogP contribution in [0.1, 0.15) is 32.6 Å².